The van der Waals surface area contributed by atoms with Crippen LogP contribution in [0.1, 0.15) is 46.0 Å². The maximum Gasteiger partial charge on any atom is 0.320 e. The number of likely N-dealkylation sites (tertiary alicyclic amines) is 1. The molecule has 2 aliphatic heterocycles. The quantitative estimate of drug-likeness (QED) is 0.859. The monoisotopic (exact) mass is 281 g/mol. The fraction of sp³-hybridized carbons (Fsp3) is 0.938. The van der Waals surface area contributed by atoms with E-state index in [0.29, 0.717) is 11.8 Å². The Morgan fingerprint density at radius 3 is 2.70 bits per heavy atom. The number of rotatable bonds is 4. The molecule has 0 aliphatic carbocycles. The van der Waals surface area contributed by atoms with E-state index in [1.165, 1.54) is 25.7 Å². The van der Waals surface area contributed by atoms with Gasteiger partial charge >= 0.3 is 6.03 Å². The van der Waals surface area contributed by atoms with Gasteiger partial charge in [0.15, 0.2) is 0 Å². The normalized spacial score (nSPS) is 24.7. The van der Waals surface area contributed by atoms with Crippen molar-refractivity contribution in [2.75, 3.05) is 39.3 Å². The van der Waals surface area contributed by atoms with E-state index >= 15 is 0 Å². The van der Waals surface area contributed by atoms with Gasteiger partial charge in [-0.05, 0) is 57.0 Å². The summed E-state index contributed by atoms with van der Waals surface area (Å²) in [4.78, 5) is 17.0. The fourth-order valence-electron chi connectivity index (χ4n) is 3.47. The third-order valence-corrected chi connectivity index (χ3v) is 4.63. The minimum Gasteiger partial charge on any atom is -0.324 e. The summed E-state index contributed by atoms with van der Waals surface area (Å²) < 4.78 is 0. The van der Waals surface area contributed by atoms with Gasteiger partial charge in [0.25, 0.3) is 0 Å². The first-order valence-electron chi connectivity index (χ1n) is 8.45. The summed E-state index contributed by atoms with van der Waals surface area (Å²) >= 11 is 0. The molecule has 0 radical (unpaired) electrons. The van der Waals surface area contributed by atoms with E-state index in [0.717, 1.165) is 45.7 Å². The minimum absolute atomic E-state index is 0.289. The Labute approximate surface area is 123 Å². The lowest BCUT2D eigenvalue weighted by Crippen LogP contribution is -2.49. The highest BCUT2D eigenvalue weighted by Crippen LogP contribution is 2.19. The summed E-state index contributed by atoms with van der Waals surface area (Å²) in [5, 5.41) is 3.40. The fourth-order valence-corrected chi connectivity index (χ4v) is 3.47. The first-order valence-corrected chi connectivity index (χ1v) is 8.45. The Morgan fingerprint density at radius 1 is 1.30 bits per heavy atom. The molecule has 2 heterocycles. The molecule has 20 heavy (non-hydrogen) atoms. The molecule has 2 fully saturated rings. The lowest BCUT2D eigenvalue weighted by atomic mass is 9.97. The maximum absolute atomic E-state index is 12.7. The molecule has 0 aromatic heterocycles. The molecule has 1 unspecified atom stereocenters. The number of nitrogens with one attached hydrogen (secondary N) is 1. The van der Waals surface area contributed by atoms with Crippen LogP contribution >= 0.6 is 0 Å². The van der Waals surface area contributed by atoms with E-state index in [1.807, 2.05) is 0 Å². The largest absolute Gasteiger partial charge is 0.324 e. The van der Waals surface area contributed by atoms with E-state index in [2.05, 4.69) is 29.0 Å². The summed E-state index contributed by atoms with van der Waals surface area (Å²) in [6.45, 7) is 10.4. The van der Waals surface area contributed by atoms with Crippen molar-refractivity contribution in [3.63, 3.8) is 0 Å². The van der Waals surface area contributed by atoms with Gasteiger partial charge in [-0.3, -0.25) is 0 Å². The first kappa shape index (κ1) is 15.6. The molecule has 1 atom stereocenters. The van der Waals surface area contributed by atoms with Crippen molar-refractivity contribution in [3.8, 4) is 0 Å². The van der Waals surface area contributed by atoms with Crippen LogP contribution in [0.3, 0.4) is 0 Å². The lowest BCUT2D eigenvalue weighted by Gasteiger charge is -2.37. The Morgan fingerprint density at radius 2 is 2.05 bits per heavy atom. The van der Waals surface area contributed by atoms with Gasteiger partial charge in [-0.1, -0.05) is 13.8 Å². The second kappa shape index (κ2) is 7.87. The average Bonchev–Trinajstić information content (AvgIpc) is 2.47. The van der Waals surface area contributed by atoms with E-state index < -0.39 is 0 Å². The van der Waals surface area contributed by atoms with Crippen LogP contribution in [0.2, 0.25) is 0 Å². The third kappa shape index (κ3) is 4.37. The molecule has 4 nitrogen and oxygen atoms in total. The SMILES string of the molecule is CCCN(CC1CCNCC1)C(=O)N1CCCC(C)C1. The van der Waals surface area contributed by atoms with Gasteiger partial charge in [0.2, 0.25) is 0 Å². The molecule has 0 spiro atoms. The topological polar surface area (TPSA) is 35.6 Å². The molecular weight excluding hydrogens is 250 g/mol. The molecule has 0 saturated carbocycles. The van der Waals surface area contributed by atoms with Gasteiger partial charge in [-0.25, -0.2) is 4.79 Å². The number of carbonyl (C=O) groups excluding carboxylic acids is 1. The molecule has 116 valence electrons. The second-order valence-corrected chi connectivity index (χ2v) is 6.62. The van der Waals surface area contributed by atoms with E-state index in [9.17, 15) is 4.79 Å². The van der Waals surface area contributed by atoms with Gasteiger partial charge in [0.1, 0.15) is 0 Å². The highest BCUT2D eigenvalue weighted by molar-refractivity contribution is 5.74. The number of amides is 2. The molecule has 2 amide bonds. The van der Waals surface area contributed by atoms with Gasteiger partial charge < -0.3 is 15.1 Å². The lowest BCUT2D eigenvalue weighted by molar-refractivity contribution is 0.121. The Balaban J connectivity index is 1.90. The highest BCUT2D eigenvalue weighted by Gasteiger charge is 2.27. The van der Waals surface area contributed by atoms with Crippen molar-refractivity contribution in [3.05, 3.63) is 0 Å². The van der Waals surface area contributed by atoms with Crippen molar-refractivity contribution >= 4 is 6.03 Å². The minimum atomic E-state index is 0.289. The molecule has 0 aromatic rings. The van der Waals surface area contributed by atoms with Crippen molar-refractivity contribution in [1.82, 2.24) is 15.1 Å². The average molecular weight is 281 g/mol. The van der Waals surface area contributed by atoms with Crippen LogP contribution in [-0.4, -0.2) is 55.1 Å². The molecule has 2 rings (SSSR count). The standard InChI is InChI=1S/C16H31N3O/c1-3-10-18(13-15-6-8-17-9-7-15)16(20)19-11-4-5-14(2)12-19/h14-15,17H,3-13H2,1-2H3. The number of hydrogen-bond donors (Lipinski definition) is 1. The predicted molar refractivity (Wildman–Crippen MR) is 82.8 cm³/mol. The van der Waals surface area contributed by atoms with Crippen molar-refractivity contribution in [2.24, 2.45) is 11.8 Å². The predicted octanol–water partition coefficient (Wildman–Crippen LogP) is 2.55. The molecule has 2 saturated heterocycles. The van der Waals surface area contributed by atoms with Gasteiger partial charge in [-0.2, -0.15) is 0 Å². The number of hydrogen-bond acceptors (Lipinski definition) is 2. The van der Waals surface area contributed by atoms with Crippen LogP contribution in [0.5, 0.6) is 0 Å². The van der Waals surface area contributed by atoms with Crippen LogP contribution in [0.15, 0.2) is 0 Å². The zero-order valence-corrected chi connectivity index (χ0v) is 13.2. The summed E-state index contributed by atoms with van der Waals surface area (Å²) in [5.74, 6) is 1.35. The van der Waals surface area contributed by atoms with Crippen LogP contribution in [0, 0.1) is 11.8 Å². The summed E-state index contributed by atoms with van der Waals surface area (Å²) in [5.41, 5.74) is 0. The van der Waals surface area contributed by atoms with Gasteiger partial charge in [-0.15, -0.1) is 0 Å². The van der Waals surface area contributed by atoms with Crippen molar-refractivity contribution < 1.29 is 4.79 Å². The maximum atomic E-state index is 12.7. The van der Waals surface area contributed by atoms with Crippen molar-refractivity contribution in [1.29, 1.82) is 0 Å². The van der Waals surface area contributed by atoms with Gasteiger partial charge in [0, 0.05) is 26.2 Å². The summed E-state index contributed by atoms with van der Waals surface area (Å²) in [7, 11) is 0. The Hall–Kier alpha value is -0.770. The Kier molecular flexibility index (Phi) is 6.14. The third-order valence-electron chi connectivity index (χ3n) is 4.63. The van der Waals surface area contributed by atoms with Crippen molar-refractivity contribution in [2.45, 2.75) is 46.0 Å². The molecule has 0 aromatic carbocycles. The second-order valence-electron chi connectivity index (χ2n) is 6.62. The zero-order valence-electron chi connectivity index (χ0n) is 13.2. The Bertz CT molecular complexity index is 302. The first-order chi connectivity index (χ1) is 9.70. The van der Waals surface area contributed by atoms with Crippen LogP contribution < -0.4 is 5.32 Å². The molecule has 2 aliphatic rings. The molecular formula is C16H31N3O. The smallest absolute Gasteiger partial charge is 0.320 e. The van der Waals surface area contributed by atoms with Crippen LogP contribution in [0.4, 0.5) is 4.79 Å². The summed E-state index contributed by atoms with van der Waals surface area (Å²) in [6.07, 6.45) is 5.92. The number of piperidine rings is 2. The zero-order chi connectivity index (χ0) is 14.4. The summed E-state index contributed by atoms with van der Waals surface area (Å²) in [6, 6.07) is 0.289. The molecule has 0 bridgehead atoms. The molecule has 4 heteroatoms. The van der Waals surface area contributed by atoms with E-state index in [-0.39, 0.29) is 6.03 Å². The van der Waals surface area contributed by atoms with Gasteiger partial charge in [0.05, 0.1) is 0 Å². The number of carbonyl (C=O) groups is 1. The van der Waals surface area contributed by atoms with Crippen LogP contribution in [-0.2, 0) is 0 Å². The number of nitrogens with zero attached hydrogens (tertiary/aromatic N) is 2. The number of urea groups is 1. The van der Waals surface area contributed by atoms with E-state index in [1.54, 1.807) is 0 Å². The van der Waals surface area contributed by atoms with E-state index in [4.69, 9.17) is 0 Å². The highest BCUT2D eigenvalue weighted by atomic mass is 16.2. The van der Waals surface area contributed by atoms with Crippen LogP contribution in [0.25, 0.3) is 0 Å². The molecule has 1 N–H and O–H groups in total.